The van der Waals surface area contributed by atoms with Crippen molar-refractivity contribution in [1.82, 2.24) is 0 Å². The van der Waals surface area contributed by atoms with Gasteiger partial charge in [0.25, 0.3) is 0 Å². The molecular weight excluding hydrogens is 280 g/mol. The molecule has 4 heteroatoms. The van der Waals surface area contributed by atoms with Gasteiger partial charge in [-0.15, -0.1) is 0 Å². The normalized spacial score (nSPS) is 31.0. The molecule has 21 heavy (non-hydrogen) atoms. The van der Waals surface area contributed by atoms with E-state index in [0.29, 0.717) is 5.92 Å². The molecule has 4 atom stereocenters. The highest BCUT2D eigenvalue weighted by Crippen LogP contribution is 2.44. The molecule has 1 aliphatic carbocycles. The van der Waals surface area contributed by atoms with Gasteiger partial charge in [0.05, 0.1) is 12.2 Å². The fourth-order valence-electron chi connectivity index (χ4n) is 3.21. The Kier molecular flexibility index (Phi) is 6.10. The molecule has 2 N–H and O–H groups in total. The lowest BCUT2D eigenvalue weighted by Gasteiger charge is -2.45. The van der Waals surface area contributed by atoms with Gasteiger partial charge < -0.3 is 14.6 Å². The van der Waals surface area contributed by atoms with E-state index in [-0.39, 0.29) is 10.6 Å². The summed E-state index contributed by atoms with van der Waals surface area (Å²) < 4.78 is 6.56. The predicted octanol–water partition coefficient (Wildman–Crippen LogP) is 4.09. The van der Waals surface area contributed by atoms with Crippen LogP contribution in [0, 0.1) is 5.92 Å². The van der Waals surface area contributed by atoms with Crippen molar-refractivity contribution in [2.45, 2.75) is 103 Å². The standard InChI is InChI=1S/C17H36O3Si/c1-16(2,3)20-21(7,17(4,5)6)11-10-13-8-9-14(18)15(19)12-13/h13-15,18-19H,8-12H2,1-7H3. The molecule has 0 saturated heterocycles. The van der Waals surface area contributed by atoms with E-state index in [9.17, 15) is 10.2 Å². The third-order valence-electron chi connectivity index (χ3n) is 5.04. The van der Waals surface area contributed by atoms with Crippen LogP contribution < -0.4 is 0 Å². The van der Waals surface area contributed by atoms with Crippen molar-refractivity contribution in [1.29, 1.82) is 0 Å². The van der Waals surface area contributed by atoms with Crippen molar-refractivity contribution in [3.05, 3.63) is 0 Å². The SMILES string of the molecule is CC(C)(C)O[Si](C)(CCC1CCC(O)C(O)C1)C(C)(C)C. The van der Waals surface area contributed by atoms with Crippen LogP contribution in [0.25, 0.3) is 0 Å². The molecule has 0 aromatic heterocycles. The molecule has 1 saturated carbocycles. The highest BCUT2D eigenvalue weighted by molar-refractivity contribution is 6.75. The van der Waals surface area contributed by atoms with E-state index in [1.165, 1.54) is 0 Å². The lowest BCUT2D eigenvalue weighted by molar-refractivity contribution is -0.0261. The summed E-state index contributed by atoms with van der Waals surface area (Å²) in [7, 11) is -1.85. The highest BCUT2D eigenvalue weighted by atomic mass is 28.4. The Labute approximate surface area is 132 Å². The number of aliphatic hydroxyl groups is 2. The van der Waals surface area contributed by atoms with Crippen molar-refractivity contribution in [3.63, 3.8) is 0 Å². The summed E-state index contributed by atoms with van der Waals surface area (Å²) in [6, 6.07) is 1.13. The fraction of sp³-hybridized carbons (Fsp3) is 1.00. The molecule has 0 radical (unpaired) electrons. The van der Waals surface area contributed by atoms with Crippen molar-refractivity contribution in [2.24, 2.45) is 5.92 Å². The molecule has 0 aliphatic heterocycles. The number of rotatable bonds is 4. The minimum atomic E-state index is -1.85. The molecule has 0 heterocycles. The van der Waals surface area contributed by atoms with Crippen LogP contribution in [0.5, 0.6) is 0 Å². The number of hydrogen-bond donors (Lipinski definition) is 2. The quantitative estimate of drug-likeness (QED) is 0.768. The maximum absolute atomic E-state index is 9.85. The smallest absolute Gasteiger partial charge is 0.195 e. The Morgan fingerprint density at radius 3 is 2.00 bits per heavy atom. The number of hydrogen-bond acceptors (Lipinski definition) is 3. The summed E-state index contributed by atoms with van der Waals surface area (Å²) >= 11 is 0. The van der Waals surface area contributed by atoms with Crippen molar-refractivity contribution < 1.29 is 14.6 Å². The van der Waals surface area contributed by atoms with Gasteiger partial charge in [-0.1, -0.05) is 27.2 Å². The third kappa shape index (κ3) is 5.66. The van der Waals surface area contributed by atoms with Crippen LogP contribution in [0.15, 0.2) is 0 Å². The van der Waals surface area contributed by atoms with Gasteiger partial charge in [-0.05, 0) is 63.6 Å². The molecule has 0 amide bonds. The Balaban J connectivity index is 2.66. The first-order valence-corrected chi connectivity index (χ1v) is 11.0. The molecule has 3 nitrogen and oxygen atoms in total. The van der Waals surface area contributed by atoms with Crippen LogP contribution in [0.4, 0.5) is 0 Å². The molecule has 126 valence electrons. The first kappa shape index (κ1) is 19.1. The molecule has 0 spiro atoms. The zero-order valence-electron chi connectivity index (χ0n) is 15.1. The van der Waals surface area contributed by atoms with Gasteiger partial charge >= 0.3 is 0 Å². The van der Waals surface area contributed by atoms with E-state index in [4.69, 9.17) is 4.43 Å². The average Bonchev–Trinajstić information content (AvgIpc) is 2.27. The van der Waals surface area contributed by atoms with Crippen molar-refractivity contribution in [3.8, 4) is 0 Å². The largest absolute Gasteiger partial charge is 0.412 e. The maximum atomic E-state index is 9.85. The Hall–Kier alpha value is 0.0969. The van der Waals surface area contributed by atoms with Gasteiger partial charge in [0, 0.05) is 5.60 Å². The van der Waals surface area contributed by atoms with Crippen molar-refractivity contribution in [2.75, 3.05) is 0 Å². The van der Waals surface area contributed by atoms with Crippen LogP contribution >= 0.6 is 0 Å². The predicted molar refractivity (Wildman–Crippen MR) is 90.9 cm³/mol. The van der Waals surface area contributed by atoms with E-state index >= 15 is 0 Å². The second-order valence-corrected chi connectivity index (χ2v) is 13.7. The summed E-state index contributed by atoms with van der Waals surface area (Å²) in [5.41, 5.74) is -0.101. The number of aliphatic hydroxyl groups excluding tert-OH is 2. The summed E-state index contributed by atoms with van der Waals surface area (Å²) in [6.07, 6.45) is 2.57. The third-order valence-corrected chi connectivity index (χ3v) is 10.5. The molecular formula is C17H36O3Si. The summed E-state index contributed by atoms with van der Waals surface area (Å²) in [5, 5.41) is 19.7. The van der Waals surface area contributed by atoms with Crippen LogP contribution in [-0.2, 0) is 4.43 Å². The van der Waals surface area contributed by atoms with Gasteiger partial charge in [-0.2, -0.15) is 0 Å². The monoisotopic (exact) mass is 316 g/mol. The fourth-order valence-corrected chi connectivity index (χ4v) is 6.68. The van der Waals surface area contributed by atoms with Gasteiger partial charge in [0.1, 0.15) is 0 Å². The summed E-state index contributed by atoms with van der Waals surface area (Å²) in [4.78, 5) is 0. The molecule has 1 aliphatic rings. The Morgan fingerprint density at radius 2 is 1.57 bits per heavy atom. The van der Waals surface area contributed by atoms with Crippen LogP contribution in [0.2, 0.25) is 17.6 Å². The minimum absolute atomic E-state index is 0.101. The zero-order valence-corrected chi connectivity index (χ0v) is 16.1. The van der Waals surface area contributed by atoms with E-state index in [0.717, 1.165) is 31.7 Å². The van der Waals surface area contributed by atoms with E-state index in [2.05, 4.69) is 48.1 Å². The molecule has 1 fully saturated rings. The van der Waals surface area contributed by atoms with E-state index in [1.807, 2.05) is 0 Å². The summed E-state index contributed by atoms with van der Waals surface area (Å²) in [5.74, 6) is 0.529. The first-order valence-electron chi connectivity index (χ1n) is 8.40. The molecule has 0 aromatic carbocycles. The Morgan fingerprint density at radius 1 is 1.00 bits per heavy atom. The molecule has 1 rings (SSSR count). The Bertz CT molecular complexity index is 332. The van der Waals surface area contributed by atoms with Gasteiger partial charge in [-0.3, -0.25) is 0 Å². The lowest BCUT2D eigenvalue weighted by Crippen LogP contribution is -2.49. The second-order valence-electron chi connectivity index (χ2n) is 9.05. The molecule has 0 bridgehead atoms. The molecule has 0 aromatic rings. The first-order chi connectivity index (χ1) is 9.34. The summed E-state index contributed by atoms with van der Waals surface area (Å²) in [6.45, 7) is 15.7. The zero-order chi connectivity index (χ0) is 16.5. The van der Waals surface area contributed by atoms with Crippen LogP contribution in [-0.4, -0.2) is 36.3 Å². The van der Waals surface area contributed by atoms with Gasteiger partial charge in [0.15, 0.2) is 8.32 Å². The second kappa shape index (κ2) is 6.69. The van der Waals surface area contributed by atoms with Gasteiger partial charge in [0.2, 0.25) is 0 Å². The van der Waals surface area contributed by atoms with Crippen LogP contribution in [0.1, 0.15) is 67.2 Å². The lowest BCUT2D eigenvalue weighted by atomic mass is 9.84. The molecule has 4 unspecified atom stereocenters. The van der Waals surface area contributed by atoms with Crippen molar-refractivity contribution >= 4 is 8.32 Å². The average molecular weight is 317 g/mol. The van der Waals surface area contributed by atoms with E-state index < -0.39 is 20.5 Å². The van der Waals surface area contributed by atoms with Crippen LogP contribution in [0.3, 0.4) is 0 Å². The topological polar surface area (TPSA) is 49.7 Å². The maximum Gasteiger partial charge on any atom is 0.195 e. The van der Waals surface area contributed by atoms with Gasteiger partial charge in [-0.25, -0.2) is 0 Å². The van der Waals surface area contributed by atoms with E-state index in [1.54, 1.807) is 0 Å². The minimum Gasteiger partial charge on any atom is -0.412 e. The highest BCUT2D eigenvalue weighted by Gasteiger charge is 2.44.